The second-order valence-corrected chi connectivity index (χ2v) is 8.33. The van der Waals surface area contributed by atoms with Crippen LogP contribution in [0.4, 0.5) is 23.4 Å². The standard InChI is InChI=1S/C23H15F4N3O2S/c1-29-20-17(21(32)30(2)22(29)33)15(10-7-11(23(25,26)27)9-12(24)8-10)16-18(28-20)13-5-3-4-6-14(13)19(16)31/h3-9,15,28H,1-2H3. The average molecular weight is 473 g/mol. The molecule has 1 aromatic heterocycles. The molecular weight excluding hydrogens is 458 g/mol. The number of hydrogen-bond donors (Lipinski definition) is 1. The number of allylic oxidation sites excluding steroid dienone is 1. The van der Waals surface area contributed by atoms with Crippen molar-refractivity contribution in [3.8, 4) is 0 Å². The molecule has 2 aliphatic rings. The Kier molecular flexibility index (Phi) is 4.51. The Morgan fingerprint density at radius 3 is 2.33 bits per heavy atom. The lowest BCUT2D eigenvalue weighted by molar-refractivity contribution is -0.137. The zero-order valence-corrected chi connectivity index (χ0v) is 18.1. The van der Waals surface area contributed by atoms with Crippen molar-refractivity contribution in [2.75, 3.05) is 5.32 Å². The Labute approximate surface area is 189 Å². The summed E-state index contributed by atoms with van der Waals surface area (Å²) in [5, 5.41) is 3.11. The molecule has 5 rings (SSSR count). The largest absolute Gasteiger partial charge is 0.416 e. The van der Waals surface area contributed by atoms with Crippen LogP contribution in [0.25, 0.3) is 5.70 Å². The number of nitrogens with one attached hydrogen (secondary N) is 1. The van der Waals surface area contributed by atoms with Crippen molar-refractivity contribution in [1.29, 1.82) is 0 Å². The highest BCUT2D eigenvalue weighted by Crippen LogP contribution is 2.48. The Morgan fingerprint density at radius 2 is 1.67 bits per heavy atom. The molecular formula is C23H15F4N3O2S. The number of rotatable bonds is 1. The van der Waals surface area contributed by atoms with E-state index < -0.39 is 34.8 Å². The van der Waals surface area contributed by atoms with Gasteiger partial charge in [-0.05, 0) is 36.0 Å². The van der Waals surface area contributed by atoms with Gasteiger partial charge in [-0.1, -0.05) is 24.3 Å². The first-order valence-electron chi connectivity index (χ1n) is 9.83. The number of Topliss-reactive ketones (excluding diaryl/α,β-unsaturated/α-hetero) is 1. The van der Waals surface area contributed by atoms with Crippen molar-refractivity contribution < 1.29 is 22.4 Å². The predicted molar refractivity (Wildman–Crippen MR) is 116 cm³/mol. The van der Waals surface area contributed by atoms with Gasteiger partial charge in [0, 0.05) is 36.7 Å². The van der Waals surface area contributed by atoms with Crippen molar-refractivity contribution >= 4 is 29.5 Å². The number of benzene rings is 2. The first kappa shape index (κ1) is 21.3. The molecule has 5 nitrogen and oxygen atoms in total. The highest BCUT2D eigenvalue weighted by Gasteiger charge is 2.43. The van der Waals surface area contributed by atoms with Crippen molar-refractivity contribution in [2.24, 2.45) is 14.1 Å². The second-order valence-electron chi connectivity index (χ2n) is 7.96. The fraction of sp³-hybridized carbons (Fsp3) is 0.174. The molecule has 168 valence electrons. The number of ketones is 1. The normalized spacial score (nSPS) is 16.9. The van der Waals surface area contributed by atoms with Crippen molar-refractivity contribution in [3.05, 3.63) is 96.8 Å². The SMILES string of the molecule is Cn1c2c(c(=O)n(C)c1=S)C(c1cc(F)cc(C(F)(F)F)c1)C1=C(N2)c2ccccc2C1=O. The topological polar surface area (TPSA) is 56.0 Å². The molecule has 0 saturated carbocycles. The Hall–Kier alpha value is -3.53. The van der Waals surface area contributed by atoms with E-state index in [2.05, 4.69) is 5.32 Å². The van der Waals surface area contributed by atoms with Crippen LogP contribution in [0, 0.1) is 10.6 Å². The lowest BCUT2D eigenvalue weighted by atomic mass is 9.81. The Bertz CT molecular complexity index is 1530. The van der Waals surface area contributed by atoms with E-state index in [1.54, 1.807) is 31.3 Å². The third-order valence-electron chi connectivity index (χ3n) is 6.06. The van der Waals surface area contributed by atoms with Gasteiger partial charge in [0.25, 0.3) is 5.56 Å². The van der Waals surface area contributed by atoms with Gasteiger partial charge in [-0.2, -0.15) is 13.2 Å². The fourth-order valence-electron chi connectivity index (χ4n) is 4.53. The van der Waals surface area contributed by atoms with Crippen LogP contribution in [0.5, 0.6) is 0 Å². The summed E-state index contributed by atoms with van der Waals surface area (Å²) in [6, 6.07) is 8.79. The van der Waals surface area contributed by atoms with E-state index in [0.717, 1.165) is 12.1 Å². The first-order valence-corrected chi connectivity index (χ1v) is 10.2. The monoisotopic (exact) mass is 473 g/mol. The van der Waals surface area contributed by atoms with Crippen molar-refractivity contribution in [1.82, 2.24) is 9.13 Å². The number of alkyl halides is 3. The van der Waals surface area contributed by atoms with E-state index >= 15 is 0 Å². The molecule has 0 fully saturated rings. The molecule has 10 heteroatoms. The number of fused-ring (bicyclic) bond motifs is 3. The van der Waals surface area contributed by atoms with Gasteiger partial charge < -0.3 is 9.88 Å². The molecule has 1 aliphatic carbocycles. The quantitative estimate of drug-likeness (QED) is 0.409. The van der Waals surface area contributed by atoms with E-state index in [1.165, 1.54) is 16.2 Å². The van der Waals surface area contributed by atoms with Crippen LogP contribution < -0.4 is 10.9 Å². The fourth-order valence-corrected chi connectivity index (χ4v) is 4.71. The van der Waals surface area contributed by atoms with Crippen molar-refractivity contribution in [2.45, 2.75) is 12.1 Å². The average Bonchev–Trinajstić information content (AvgIpc) is 3.06. The molecule has 33 heavy (non-hydrogen) atoms. The van der Waals surface area contributed by atoms with E-state index in [-0.39, 0.29) is 27.3 Å². The van der Waals surface area contributed by atoms with Crippen LogP contribution >= 0.6 is 12.2 Å². The predicted octanol–water partition coefficient (Wildman–Crippen LogP) is 4.78. The summed E-state index contributed by atoms with van der Waals surface area (Å²) in [4.78, 5) is 26.7. The third kappa shape index (κ3) is 3.01. The number of halogens is 4. The maximum atomic E-state index is 14.4. The van der Waals surface area contributed by atoms with Gasteiger partial charge in [0.1, 0.15) is 11.6 Å². The zero-order chi connectivity index (χ0) is 23.8. The lowest BCUT2D eigenvalue weighted by Crippen LogP contribution is -2.34. The molecule has 1 unspecified atom stereocenters. The molecule has 1 aliphatic heterocycles. The molecule has 1 N–H and O–H groups in total. The summed E-state index contributed by atoms with van der Waals surface area (Å²) in [5.41, 5.74) is -0.561. The van der Waals surface area contributed by atoms with Crippen LogP contribution in [-0.2, 0) is 20.3 Å². The molecule has 2 aromatic carbocycles. The summed E-state index contributed by atoms with van der Waals surface area (Å²) in [6.45, 7) is 0. The molecule has 3 aromatic rings. The van der Waals surface area contributed by atoms with Gasteiger partial charge in [-0.25, -0.2) is 4.39 Å². The molecule has 0 saturated heterocycles. The second kappa shape index (κ2) is 6.98. The molecule has 0 spiro atoms. The van der Waals surface area contributed by atoms with Gasteiger partial charge in [-0.3, -0.25) is 14.2 Å². The number of anilines is 1. The summed E-state index contributed by atoms with van der Waals surface area (Å²) in [6.07, 6.45) is -4.81. The number of hydrogen-bond acceptors (Lipinski definition) is 4. The highest BCUT2D eigenvalue weighted by molar-refractivity contribution is 7.71. The maximum absolute atomic E-state index is 14.4. The van der Waals surface area contributed by atoms with Gasteiger partial charge in [-0.15, -0.1) is 0 Å². The number of carbonyl (C=O) groups excluding carboxylic acids is 1. The molecule has 0 radical (unpaired) electrons. The number of nitrogens with zero attached hydrogens (tertiary/aromatic N) is 2. The Balaban J connectivity index is 1.89. The molecule has 2 heterocycles. The van der Waals surface area contributed by atoms with E-state index in [4.69, 9.17) is 12.2 Å². The third-order valence-corrected chi connectivity index (χ3v) is 6.60. The lowest BCUT2D eigenvalue weighted by Gasteiger charge is -2.30. The van der Waals surface area contributed by atoms with Gasteiger partial charge in [0.05, 0.1) is 16.8 Å². The smallest absolute Gasteiger partial charge is 0.340 e. The highest BCUT2D eigenvalue weighted by atomic mass is 32.1. The van der Waals surface area contributed by atoms with E-state index in [1.807, 2.05) is 0 Å². The van der Waals surface area contributed by atoms with Gasteiger partial charge in [0.15, 0.2) is 10.6 Å². The summed E-state index contributed by atoms with van der Waals surface area (Å²) in [7, 11) is 3.04. The summed E-state index contributed by atoms with van der Waals surface area (Å²) < 4.78 is 57.7. The van der Waals surface area contributed by atoms with Gasteiger partial charge in [0.2, 0.25) is 0 Å². The van der Waals surface area contributed by atoms with Crippen LogP contribution in [-0.4, -0.2) is 14.9 Å². The van der Waals surface area contributed by atoms with Gasteiger partial charge >= 0.3 is 6.18 Å². The van der Waals surface area contributed by atoms with E-state index in [0.29, 0.717) is 22.9 Å². The van der Waals surface area contributed by atoms with Crippen LogP contribution in [0.1, 0.15) is 38.5 Å². The number of carbonyl (C=O) groups is 1. The minimum absolute atomic E-state index is 0.0206. The Morgan fingerprint density at radius 1 is 1.00 bits per heavy atom. The molecule has 1 atom stereocenters. The number of aromatic nitrogens is 2. The minimum Gasteiger partial charge on any atom is -0.340 e. The van der Waals surface area contributed by atoms with Crippen LogP contribution in [0.15, 0.2) is 52.8 Å². The molecule has 0 bridgehead atoms. The first-order chi connectivity index (χ1) is 15.5. The van der Waals surface area contributed by atoms with Crippen LogP contribution in [0.2, 0.25) is 0 Å². The maximum Gasteiger partial charge on any atom is 0.416 e. The van der Waals surface area contributed by atoms with E-state index in [9.17, 15) is 27.2 Å². The zero-order valence-electron chi connectivity index (χ0n) is 17.2. The summed E-state index contributed by atoms with van der Waals surface area (Å²) >= 11 is 5.33. The summed E-state index contributed by atoms with van der Waals surface area (Å²) in [5.74, 6) is -2.54. The van der Waals surface area contributed by atoms with Crippen LogP contribution in [0.3, 0.4) is 0 Å². The van der Waals surface area contributed by atoms with Crippen molar-refractivity contribution in [3.63, 3.8) is 0 Å². The molecule has 0 amide bonds. The minimum atomic E-state index is -4.81.